The zero-order valence-corrected chi connectivity index (χ0v) is 13.4. The van der Waals surface area contributed by atoms with Gasteiger partial charge in [0, 0.05) is 28.5 Å². The predicted octanol–water partition coefficient (Wildman–Crippen LogP) is 4.57. The number of nitrogens with zero attached hydrogens (tertiary/aromatic N) is 1. The fourth-order valence-electron chi connectivity index (χ4n) is 3.03. The van der Waals surface area contributed by atoms with E-state index in [1.165, 1.54) is 0 Å². The molecule has 0 radical (unpaired) electrons. The van der Waals surface area contributed by atoms with Crippen LogP contribution in [0.2, 0.25) is 0 Å². The van der Waals surface area contributed by atoms with Crippen LogP contribution in [0.15, 0.2) is 91.0 Å². The highest BCUT2D eigenvalue weighted by Gasteiger charge is 2.33. The smallest absolute Gasteiger partial charge is 0.263 e. The Balaban J connectivity index is 1.86. The Morgan fingerprint density at radius 2 is 1.28 bits per heavy atom. The number of hydrogen-bond acceptors (Lipinski definition) is 2. The van der Waals surface area contributed by atoms with Crippen LogP contribution in [-0.2, 0) is 0 Å². The summed E-state index contributed by atoms with van der Waals surface area (Å²) in [5.74, 6) is -0.241. The Bertz CT molecular complexity index is 975. The quantitative estimate of drug-likeness (QED) is 0.522. The van der Waals surface area contributed by atoms with Gasteiger partial charge in [0.05, 0.1) is 5.70 Å². The van der Waals surface area contributed by atoms with Crippen molar-refractivity contribution in [2.75, 3.05) is 4.90 Å². The van der Waals surface area contributed by atoms with Crippen LogP contribution in [0.4, 0.5) is 5.69 Å². The van der Waals surface area contributed by atoms with E-state index in [-0.39, 0.29) is 11.7 Å². The van der Waals surface area contributed by atoms with Gasteiger partial charge >= 0.3 is 0 Å². The van der Waals surface area contributed by atoms with Crippen LogP contribution in [0, 0.1) is 0 Å². The molecule has 0 saturated heterocycles. The molecule has 3 aromatic rings. The minimum Gasteiger partial charge on any atom is -0.289 e. The molecule has 25 heavy (non-hydrogen) atoms. The number of hydrogen-bond donors (Lipinski definition) is 0. The molecule has 1 aliphatic rings. The standard InChI is InChI=1S/C22H15NO2/c24-21(16-9-3-1-4-10-16)15-20-18-13-7-8-14-19(18)22(25)23(20)17-11-5-2-6-12-17/h1-15H. The molecule has 0 unspecified atom stereocenters. The molecule has 3 aromatic carbocycles. The van der Waals surface area contributed by atoms with E-state index < -0.39 is 0 Å². The predicted molar refractivity (Wildman–Crippen MR) is 98.4 cm³/mol. The summed E-state index contributed by atoms with van der Waals surface area (Å²) in [6.07, 6.45) is 1.55. The van der Waals surface area contributed by atoms with Crippen molar-refractivity contribution >= 4 is 23.1 Å². The summed E-state index contributed by atoms with van der Waals surface area (Å²) in [4.78, 5) is 27.2. The second-order valence-electron chi connectivity index (χ2n) is 5.78. The average Bonchev–Trinajstić information content (AvgIpc) is 2.95. The second kappa shape index (κ2) is 6.21. The zero-order valence-electron chi connectivity index (χ0n) is 13.4. The Kier molecular flexibility index (Phi) is 3.75. The first-order chi connectivity index (χ1) is 12.3. The Hall–Kier alpha value is -3.46. The van der Waals surface area contributed by atoms with Gasteiger partial charge < -0.3 is 0 Å². The molecule has 0 N–H and O–H groups in total. The lowest BCUT2D eigenvalue weighted by Crippen LogP contribution is -2.22. The number of benzene rings is 3. The third-order valence-electron chi connectivity index (χ3n) is 4.22. The summed E-state index contributed by atoms with van der Waals surface area (Å²) in [5, 5.41) is 0. The van der Waals surface area contributed by atoms with Gasteiger partial charge in [0.15, 0.2) is 5.78 Å². The number of allylic oxidation sites excluding steroid dienone is 1. The van der Waals surface area contributed by atoms with Crippen LogP contribution in [0.3, 0.4) is 0 Å². The van der Waals surface area contributed by atoms with Gasteiger partial charge in [-0.15, -0.1) is 0 Å². The Morgan fingerprint density at radius 3 is 1.96 bits per heavy atom. The summed E-state index contributed by atoms with van der Waals surface area (Å²) in [5.41, 5.74) is 3.34. The summed E-state index contributed by atoms with van der Waals surface area (Å²) >= 11 is 0. The minimum absolute atomic E-state index is 0.117. The van der Waals surface area contributed by atoms with E-state index in [4.69, 9.17) is 0 Å². The van der Waals surface area contributed by atoms with E-state index in [0.717, 1.165) is 11.3 Å². The molecule has 3 heteroatoms. The van der Waals surface area contributed by atoms with Gasteiger partial charge in [-0.3, -0.25) is 14.5 Å². The van der Waals surface area contributed by atoms with Gasteiger partial charge in [0.25, 0.3) is 5.91 Å². The maximum absolute atomic E-state index is 12.9. The number of ketones is 1. The van der Waals surface area contributed by atoms with Crippen molar-refractivity contribution in [3.05, 3.63) is 108 Å². The van der Waals surface area contributed by atoms with E-state index >= 15 is 0 Å². The molecule has 1 amide bonds. The van der Waals surface area contributed by atoms with Gasteiger partial charge in [-0.2, -0.15) is 0 Å². The van der Waals surface area contributed by atoms with Crippen molar-refractivity contribution in [2.45, 2.75) is 0 Å². The molecule has 0 aliphatic carbocycles. The number of fused-ring (bicyclic) bond motifs is 1. The van der Waals surface area contributed by atoms with E-state index in [1.54, 1.807) is 29.2 Å². The number of amides is 1. The van der Waals surface area contributed by atoms with Gasteiger partial charge in [0.1, 0.15) is 0 Å². The topological polar surface area (TPSA) is 37.4 Å². The highest BCUT2D eigenvalue weighted by Crippen LogP contribution is 2.36. The normalized spacial score (nSPS) is 14.6. The highest BCUT2D eigenvalue weighted by molar-refractivity contribution is 6.25. The van der Waals surface area contributed by atoms with Gasteiger partial charge in [0.2, 0.25) is 0 Å². The summed E-state index contributed by atoms with van der Waals surface area (Å²) in [6.45, 7) is 0. The zero-order chi connectivity index (χ0) is 17.2. The van der Waals surface area contributed by atoms with Crippen LogP contribution in [0.25, 0.3) is 5.70 Å². The number of anilines is 1. The lowest BCUT2D eigenvalue weighted by atomic mass is 10.1. The van der Waals surface area contributed by atoms with Crippen molar-refractivity contribution in [1.82, 2.24) is 0 Å². The minimum atomic E-state index is -0.124. The third kappa shape index (κ3) is 2.66. The van der Waals surface area contributed by atoms with Crippen LogP contribution < -0.4 is 4.90 Å². The summed E-state index contributed by atoms with van der Waals surface area (Å²) < 4.78 is 0. The molecule has 0 aromatic heterocycles. The van der Waals surface area contributed by atoms with E-state index in [1.807, 2.05) is 66.7 Å². The lowest BCUT2D eigenvalue weighted by Gasteiger charge is -2.18. The molecular weight excluding hydrogens is 310 g/mol. The van der Waals surface area contributed by atoms with Crippen molar-refractivity contribution in [3.63, 3.8) is 0 Å². The molecule has 1 heterocycles. The van der Waals surface area contributed by atoms with E-state index in [2.05, 4.69) is 0 Å². The maximum atomic E-state index is 12.9. The number of rotatable bonds is 3. The molecular formula is C22H15NO2. The first kappa shape index (κ1) is 15.1. The molecule has 0 fully saturated rings. The van der Waals surface area contributed by atoms with Crippen LogP contribution in [0.5, 0.6) is 0 Å². The first-order valence-electron chi connectivity index (χ1n) is 8.06. The van der Waals surface area contributed by atoms with Crippen LogP contribution in [-0.4, -0.2) is 11.7 Å². The number of carbonyl (C=O) groups is 2. The molecule has 0 bridgehead atoms. The number of carbonyl (C=O) groups excluding carboxylic acids is 2. The largest absolute Gasteiger partial charge is 0.289 e. The maximum Gasteiger partial charge on any atom is 0.263 e. The molecule has 0 atom stereocenters. The fourth-order valence-corrected chi connectivity index (χ4v) is 3.03. The van der Waals surface area contributed by atoms with Crippen molar-refractivity contribution < 1.29 is 9.59 Å². The number of para-hydroxylation sites is 1. The van der Waals surface area contributed by atoms with Crippen molar-refractivity contribution in [3.8, 4) is 0 Å². The van der Waals surface area contributed by atoms with E-state index in [9.17, 15) is 9.59 Å². The SMILES string of the molecule is O=C(C=C1c2ccccc2C(=O)N1c1ccccc1)c1ccccc1. The first-order valence-corrected chi connectivity index (χ1v) is 8.06. The molecule has 120 valence electrons. The highest BCUT2D eigenvalue weighted by atomic mass is 16.2. The van der Waals surface area contributed by atoms with Crippen molar-refractivity contribution in [1.29, 1.82) is 0 Å². The second-order valence-corrected chi connectivity index (χ2v) is 5.78. The third-order valence-corrected chi connectivity index (χ3v) is 4.22. The summed E-state index contributed by atoms with van der Waals surface area (Å²) in [7, 11) is 0. The fraction of sp³-hybridized carbons (Fsp3) is 0. The van der Waals surface area contributed by atoms with E-state index in [0.29, 0.717) is 16.8 Å². The Labute approximate surface area is 145 Å². The van der Waals surface area contributed by atoms with Crippen molar-refractivity contribution in [2.24, 2.45) is 0 Å². The van der Waals surface area contributed by atoms with Gasteiger partial charge in [-0.05, 0) is 18.2 Å². The summed E-state index contributed by atoms with van der Waals surface area (Å²) in [6, 6.07) is 25.8. The molecule has 3 nitrogen and oxygen atoms in total. The molecule has 1 aliphatic heterocycles. The molecule has 0 spiro atoms. The average molecular weight is 325 g/mol. The molecule has 0 saturated carbocycles. The monoisotopic (exact) mass is 325 g/mol. The van der Waals surface area contributed by atoms with Gasteiger partial charge in [-0.1, -0.05) is 66.7 Å². The van der Waals surface area contributed by atoms with Crippen LogP contribution >= 0.6 is 0 Å². The molecule has 4 rings (SSSR count). The lowest BCUT2D eigenvalue weighted by molar-refractivity contribution is 0.101. The van der Waals surface area contributed by atoms with Crippen LogP contribution in [0.1, 0.15) is 26.3 Å². The van der Waals surface area contributed by atoms with Gasteiger partial charge in [-0.25, -0.2) is 0 Å². The Morgan fingerprint density at radius 1 is 0.720 bits per heavy atom.